The molecule has 0 aliphatic heterocycles. The van der Waals surface area contributed by atoms with Crippen LogP contribution in [0, 0.1) is 11.6 Å². The summed E-state index contributed by atoms with van der Waals surface area (Å²) in [5.74, 6) is -1.71. The number of rotatable bonds is 3. The third kappa shape index (κ3) is 1.95. The molecular weight excluding hydrogens is 248 g/mol. The predicted molar refractivity (Wildman–Crippen MR) is 59.4 cm³/mol. The number of benzene rings is 1. The van der Waals surface area contributed by atoms with Gasteiger partial charge in [0.25, 0.3) is 0 Å². The first kappa shape index (κ1) is 12.4. The summed E-state index contributed by atoms with van der Waals surface area (Å²) >= 11 is 0. The van der Waals surface area contributed by atoms with Gasteiger partial charge in [0.05, 0.1) is 0 Å². The van der Waals surface area contributed by atoms with E-state index >= 15 is 0 Å². The summed E-state index contributed by atoms with van der Waals surface area (Å²) in [6.07, 6.45) is 2.07. The Labute approximate surface area is 98.5 Å². The lowest BCUT2D eigenvalue weighted by atomic mass is 9.95. The third-order valence-corrected chi connectivity index (χ3v) is 4.34. The van der Waals surface area contributed by atoms with Crippen LogP contribution in [-0.4, -0.2) is 21.2 Å². The van der Waals surface area contributed by atoms with E-state index in [1.54, 1.807) is 0 Å². The van der Waals surface area contributed by atoms with Gasteiger partial charge >= 0.3 is 0 Å². The van der Waals surface area contributed by atoms with E-state index in [2.05, 4.69) is 0 Å². The highest BCUT2D eigenvalue weighted by molar-refractivity contribution is 7.90. The maximum absolute atomic E-state index is 14.1. The molecule has 0 unspecified atom stereocenters. The van der Waals surface area contributed by atoms with Gasteiger partial charge in [-0.25, -0.2) is 17.2 Å². The molecule has 17 heavy (non-hydrogen) atoms. The zero-order valence-corrected chi connectivity index (χ0v) is 10.2. The minimum absolute atomic E-state index is 0.119. The van der Waals surface area contributed by atoms with Crippen molar-refractivity contribution in [2.75, 3.05) is 12.8 Å². The molecule has 6 heteroatoms. The van der Waals surface area contributed by atoms with Crippen molar-refractivity contribution in [3.63, 3.8) is 0 Å². The van der Waals surface area contributed by atoms with Crippen molar-refractivity contribution in [2.24, 2.45) is 5.73 Å². The first-order valence-corrected chi connectivity index (χ1v) is 7.09. The van der Waals surface area contributed by atoms with Gasteiger partial charge in [0, 0.05) is 23.8 Å². The number of nitrogens with two attached hydrogens (primary N) is 1. The Bertz CT molecular complexity index is 565. The van der Waals surface area contributed by atoms with Crippen molar-refractivity contribution in [1.29, 1.82) is 0 Å². The van der Waals surface area contributed by atoms with Gasteiger partial charge < -0.3 is 5.73 Å². The lowest BCUT2D eigenvalue weighted by Crippen LogP contribution is -2.23. The molecule has 1 saturated carbocycles. The molecule has 0 saturated heterocycles. The van der Waals surface area contributed by atoms with Crippen molar-refractivity contribution in [1.82, 2.24) is 0 Å². The van der Waals surface area contributed by atoms with E-state index in [0.717, 1.165) is 18.4 Å². The Kier molecular flexibility index (Phi) is 2.74. The van der Waals surface area contributed by atoms with Crippen LogP contribution in [-0.2, 0) is 15.3 Å². The Balaban J connectivity index is 2.68. The molecule has 0 aromatic heterocycles. The van der Waals surface area contributed by atoms with Gasteiger partial charge in [0.2, 0.25) is 0 Å². The number of hydrogen-bond donors (Lipinski definition) is 1. The molecule has 0 heterocycles. The molecule has 0 atom stereocenters. The molecular formula is C11H13F2NO2S. The molecule has 1 aromatic rings. The number of hydrogen-bond acceptors (Lipinski definition) is 3. The van der Waals surface area contributed by atoms with E-state index in [1.807, 2.05) is 0 Å². The first-order valence-electron chi connectivity index (χ1n) is 5.20. The summed E-state index contributed by atoms with van der Waals surface area (Å²) in [5.41, 5.74) is 4.62. The summed E-state index contributed by atoms with van der Waals surface area (Å²) in [4.78, 5) is -0.464. The molecule has 94 valence electrons. The molecule has 3 nitrogen and oxygen atoms in total. The van der Waals surface area contributed by atoms with Crippen molar-refractivity contribution in [2.45, 2.75) is 23.2 Å². The summed E-state index contributed by atoms with van der Waals surface area (Å²) in [6, 6.07) is 1.95. The normalized spacial score (nSPS) is 18.1. The van der Waals surface area contributed by atoms with Crippen molar-refractivity contribution < 1.29 is 17.2 Å². The molecule has 0 amide bonds. The number of sulfone groups is 1. The monoisotopic (exact) mass is 261 g/mol. The zero-order chi connectivity index (χ0) is 12.8. The van der Waals surface area contributed by atoms with Gasteiger partial charge in [0.15, 0.2) is 9.84 Å². The fraction of sp³-hybridized carbons (Fsp3) is 0.455. The van der Waals surface area contributed by atoms with Gasteiger partial charge in [-0.05, 0) is 25.0 Å². The van der Waals surface area contributed by atoms with Crippen LogP contribution in [0.4, 0.5) is 8.78 Å². The van der Waals surface area contributed by atoms with Crippen LogP contribution in [0.25, 0.3) is 0 Å². The fourth-order valence-electron chi connectivity index (χ4n) is 2.01. The Morgan fingerprint density at radius 2 is 1.94 bits per heavy atom. The molecule has 2 N–H and O–H groups in total. The smallest absolute Gasteiger partial charge is 0.178 e. The SMILES string of the molecule is CS(=O)(=O)c1ccc(F)c(C2(CN)CC2)c1F. The average molecular weight is 261 g/mol. The molecule has 0 bridgehead atoms. The lowest BCUT2D eigenvalue weighted by Gasteiger charge is -2.16. The van der Waals surface area contributed by atoms with Crippen LogP contribution in [0.1, 0.15) is 18.4 Å². The summed E-state index contributed by atoms with van der Waals surface area (Å²) in [7, 11) is -3.70. The Morgan fingerprint density at radius 3 is 2.35 bits per heavy atom. The zero-order valence-electron chi connectivity index (χ0n) is 9.33. The van der Waals surface area contributed by atoms with Crippen LogP contribution >= 0.6 is 0 Å². The maximum Gasteiger partial charge on any atom is 0.178 e. The van der Waals surface area contributed by atoms with Crippen molar-refractivity contribution >= 4 is 9.84 Å². The van der Waals surface area contributed by atoms with E-state index in [9.17, 15) is 17.2 Å². The van der Waals surface area contributed by atoms with Gasteiger partial charge in [-0.15, -0.1) is 0 Å². The minimum Gasteiger partial charge on any atom is -0.330 e. The molecule has 0 radical (unpaired) electrons. The summed E-state index contributed by atoms with van der Waals surface area (Å²) in [5, 5.41) is 0. The quantitative estimate of drug-likeness (QED) is 0.836. The van der Waals surface area contributed by atoms with Crippen molar-refractivity contribution in [3.05, 3.63) is 29.3 Å². The summed E-state index contributed by atoms with van der Waals surface area (Å²) in [6.45, 7) is 0.119. The molecule has 1 aliphatic rings. The van der Waals surface area contributed by atoms with Crippen LogP contribution in [0.5, 0.6) is 0 Å². The highest BCUT2D eigenvalue weighted by atomic mass is 32.2. The highest BCUT2D eigenvalue weighted by Gasteiger charge is 2.47. The van der Waals surface area contributed by atoms with Crippen LogP contribution in [0.15, 0.2) is 17.0 Å². The van der Waals surface area contributed by atoms with Gasteiger partial charge in [-0.3, -0.25) is 0 Å². The van der Waals surface area contributed by atoms with E-state index < -0.39 is 31.8 Å². The van der Waals surface area contributed by atoms with E-state index in [0.29, 0.717) is 12.8 Å². The standard InChI is InChI=1S/C11H13F2NO2S/c1-17(15,16)8-3-2-7(12)9(10(8)13)11(6-14)4-5-11/h2-3H,4-6,14H2,1H3. The highest BCUT2D eigenvalue weighted by Crippen LogP contribution is 2.49. The van der Waals surface area contributed by atoms with E-state index in [4.69, 9.17) is 5.73 Å². The molecule has 1 aromatic carbocycles. The van der Waals surface area contributed by atoms with Gasteiger partial charge in [0.1, 0.15) is 16.5 Å². The molecule has 1 aliphatic carbocycles. The molecule has 1 fully saturated rings. The molecule has 2 rings (SSSR count). The Morgan fingerprint density at radius 1 is 1.35 bits per heavy atom. The second-order valence-electron chi connectivity index (χ2n) is 4.49. The van der Waals surface area contributed by atoms with E-state index in [1.165, 1.54) is 0 Å². The first-order chi connectivity index (χ1) is 7.82. The summed E-state index contributed by atoms with van der Waals surface area (Å²) < 4.78 is 50.4. The van der Waals surface area contributed by atoms with Crippen LogP contribution < -0.4 is 5.73 Å². The van der Waals surface area contributed by atoms with Crippen LogP contribution in [0.3, 0.4) is 0 Å². The van der Waals surface area contributed by atoms with E-state index in [-0.39, 0.29) is 12.1 Å². The molecule has 0 spiro atoms. The Hall–Kier alpha value is -1.01. The second kappa shape index (κ2) is 3.74. The van der Waals surface area contributed by atoms with Gasteiger partial charge in [-0.2, -0.15) is 0 Å². The second-order valence-corrected chi connectivity index (χ2v) is 6.48. The van der Waals surface area contributed by atoms with Crippen LogP contribution in [0.2, 0.25) is 0 Å². The fourth-order valence-corrected chi connectivity index (χ4v) is 2.76. The third-order valence-electron chi connectivity index (χ3n) is 3.23. The maximum atomic E-state index is 14.1. The van der Waals surface area contributed by atoms with Gasteiger partial charge in [-0.1, -0.05) is 0 Å². The average Bonchev–Trinajstić information content (AvgIpc) is 2.96. The number of halogens is 2. The largest absolute Gasteiger partial charge is 0.330 e. The van der Waals surface area contributed by atoms with Crippen molar-refractivity contribution in [3.8, 4) is 0 Å². The minimum atomic E-state index is -3.70. The topological polar surface area (TPSA) is 60.2 Å². The lowest BCUT2D eigenvalue weighted by molar-refractivity contribution is 0.498. The predicted octanol–water partition coefficient (Wildman–Crippen LogP) is 1.36.